The van der Waals surface area contributed by atoms with E-state index in [1.807, 2.05) is 6.07 Å². The largest absolute Gasteiger partial charge is 0.353 e. The highest BCUT2D eigenvalue weighted by molar-refractivity contribution is 6.17. The van der Waals surface area contributed by atoms with Crippen molar-refractivity contribution in [3.05, 3.63) is 35.4 Å². The van der Waals surface area contributed by atoms with Crippen molar-refractivity contribution in [3.63, 3.8) is 0 Å². The number of carbonyl (C=O) groups excluding carboxylic acids is 1. The molecule has 2 nitrogen and oxygen atoms in total. The Morgan fingerprint density at radius 1 is 1.40 bits per heavy atom. The summed E-state index contributed by atoms with van der Waals surface area (Å²) in [7, 11) is 0. The van der Waals surface area contributed by atoms with Crippen molar-refractivity contribution in [2.75, 3.05) is 5.88 Å². The first-order valence-electron chi connectivity index (χ1n) is 7.57. The van der Waals surface area contributed by atoms with Crippen LogP contribution in [0.3, 0.4) is 0 Å². The van der Waals surface area contributed by atoms with E-state index in [4.69, 9.17) is 11.6 Å². The van der Waals surface area contributed by atoms with Crippen LogP contribution in [0.25, 0.3) is 0 Å². The maximum Gasteiger partial charge on any atom is 0.227 e. The zero-order chi connectivity index (χ0) is 14.5. The normalized spacial score (nSPS) is 19.5. The van der Waals surface area contributed by atoms with Gasteiger partial charge < -0.3 is 5.32 Å². The fourth-order valence-corrected chi connectivity index (χ4v) is 3.23. The zero-order valence-electron chi connectivity index (χ0n) is 12.4. The van der Waals surface area contributed by atoms with Gasteiger partial charge in [0.2, 0.25) is 5.91 Å². The SMILES string of the molecule is CC(C)C(CCCl)NC(=O)C1CCCc2ccccc21. The van der Waals surface area contributed by atoms with E-state index >= 15 is 0 Å². The fourth-order valence-electron chi connectivity index (χ4n) is 3.00. The predicted molar refractivity (Wildman–Crippen MR) is 84.2 cm³/mol. The summed E-state index contributed by atoms with van der Waals surface area (Å²) in [5, 5.41) is 3.20. The molecule has 1 aliphatic rings. The Kier molecular flexibility index (Phi) is 5.47. The van der Waals surface area contributed by atoms with Crippen LogP contribution in [0.1, 0.15) is 50.2 Å². The monoisotopic (exact) mass is 293 g/mol. The number of alkyl halides is 1. The molecule has 2 unspecified atom stereocenters. The summed E-state index contributed by atoms with van der Waals surface area (Å²) in [5.74, 6) is 1.18. The molecule has 0 bridgehead atoms. The van der Waals surface area contributed by atoms with Crippen LogP contribution in [-0.2, 0) is 11.2 Å². The highest BCUT2D eigenvalue weighted by atomic mass is 35.5. The molecule has 0 heterocycles. The quantitative estimate of drug-likeness (QED) is 0.820. The second-order valence-electron chi connectivity index (χ2n) is 5.98. The van der Waals surface area contributed by atoms with E-state index in [2.05, 4.69) is 37.4 Å². The van der Waals surface area contributed by atoms with Gasteiger partial charge in [0.05, 0.1) is 5.92 Å². The summed E-state index contributed by atoms with van der Waals surface area (Å²) >= 11 is 5.84. The number of benzene rings is 1. The van der Waals surface area contributed by atoms with E-state index in [1.165, 1.54) is 11.1 Å². The molecule has 0 aromatic heterocycles. The van der Waals surface area contributed by atoms with Gasteiger partial charge in [-0.1, -0.05) is 38.1 Å². The van der Waals surface area contributed by atoms with Crippen LogP contribution in [0.2, 0.25) is 0 Å². The molecule has 0 saturated heterocycles. The van der Waals surface area contributed by atoms with E-state index in [1.54, 1.807) is 0 Å². The molecule has 0 saturated carbocycles. The van der Waals surface area contributed by atoms with Crippen molar-refractivity contribution < 1.29 is 4.79 Å². The number of rotatable bonds is 5. The third-order valence-corrected chi connectivity index (χ3v) is 4.46. The highest BCUT2D eigenvalue weighted by Crippen LogP contribution is 2.31. The molecule has 1 aliphatic carbocycles. The zero-order valence-corrected chi connectivity index (χ0v) is 13.1. The van der Waals surface area contributed by atoms with Crippen molar-refractivity contribution in [2.45, 2.75) is 51.5 Å². The molecule has 20 heavy (non-hydrogen) atoms. The Morgan fingerprint density at radius 3 is 2.85 bits per heavy atom. The summed E-state index contributed by atoms with van der Waals surface area (Å²) in [6.07, 6.45) is 3.97. The van der Waals surface area contributed by atoms with E-state index in [0.717, 1.165) is 25.7 Å². The molecule has 0 radical (unpaired) electrons. The first kappa shape index (κ1) is 15.4. The highest BCUT2D eigenvalue weighted by Gasteiger charge is 2.28. The lowest BCUT2D eigenvalue weighted by molar-refractivity contribution is -0.123. The lowest BCUT2D eigenvalue weighted by atomic mass is 9.82. The van der Waals surface area contributed by atoms with Gasteiger partial charge in [-0.05, 0) is 42.7 Å². The molecule has 0 aliphatic heterocycles. The van der Waals surface area contributed by atoms with Crippen LogP contribution in [0.4, 0.5) is 0 Å². The third-order valence-electron chi connectivity index (χ3n) is 4.24. The number of halogens is 1. The Morgan fingerprint density at radius 2 is 2.15 bits per heavy atom. The summed E-state index contributed by atoms with van der Waals surface area (Å²) in [6.45, 7) is 4.26. The van der Waals surface area contributed by atoms with Gasteiger partial charge >= 0.3 is 0 Å². The summed E-state index contributed by atoms with van der Waals surface area (Å²) in [5.41, 5.74) is 2.54. The van der Waals surface area contributed by atoms with Crippen LogP contribution in [0.15, 0.2) is 24.3 Å². The Balaban J connectivity index is 2.10. The number of hydrogen-bond acceptors (Lipinski definition) is 1. The molecule has 3 heteroatoms. The molecule has 1 amide bonds. The van der Waals surface area contributed by atoms with Crippen LogP contribution in [0, 0.1) is 5.92 Å². The third kappa shape index (κ3) is 3.54. The number of aryl methyl sites for hydroxylation is 1. The molecule has 1 N–H and O–H groups in total. The van der Waals surface area contributed by atoms with Crippen molar-refractivity contribution >= 4 is 17.5 Å². The molecule has 2 atom stereocenters. The number of amides is 1. The van der Waals surface area contributed by atoms with Gasteiger partial charge in [0.15, 0.2) is 0 Å². The number of carbonyl (C=O) groups is 1. The summed E-state index contributed by atoms with van der Waals surface area (Å²) in [6, 6.07) is 8.51. The fraction of sp³-hybridized carbons (Fsp3) is 0.588. The molecular formula is C17H24ClNO. The van der Waals surface area contributed by atoms with Crippen LogP contribution in [-0.4, -0.2) is 17.8 Å². The van der Waals surface area contributed by atoms with Gasteiger partial charge in [0, 0.05) is 11.9 Å². The average molecular weight is 294 g/mol. The van der Waals surface area contributed by atoms with Crippen molar-refractivity contribution in [1.82, 2.24) is 5.32 Å². The molecule has 110 valence electrons. The Labute approximate surface area is 126 Å². The lowest BCUT2D eigenvalue weighted by Crippen LogP contribution is -2.42. The van der Waals surface area contributed by atoms with Gasteiger partial charge in [-0.3, -0.25) is 4.79 Å². The Hall–Kier alpha value is -1.02. The molecule has 1 aromatic carbocycles. The maximum absolute atomic E-state index is 12.6. The van der Waals surface area contributed by atoms with Crippen LogP contribution < -0.4 is 5.32 Å². The van der Waals surface area contributed by atoms with E-state index in [0.29, 0.717) is 11.8 Å². The second-order valence-corrected chi connectivity index (χ2v) is 6.36. The van der Waals surface area contributed by atoms with Gasteiger partial charge in [-0.15, -0.1) is 11.6 Å². The van der Waals surface area contributed by atoms with Gasteiger partial charge in [0.1, 0.15) is 0 Å². The van der Waals surface area contributed by atoms with Crippen molar-refractivity contribution in [2.24, 2.45) is 5.92 Å². The molecule has 1 aromatic rings. The summed E-state index contributed by atoms with van der Waals surface area (Å²) < 4.78 is 0. The van der Waals surface area contributed by atoms with E-state index in [-0.39, 0.29) is 17.9 Å². The van der Waals surface area contributed by atoms with Crippen LogP contribution in [0.5, 0.6) is 0 Å². The predicted octanol–water partition coefficient (Wildman–Crippen LogP) is 3.88. The first-order valence-corrected chi connectivity index (χ1v) is 8.11. The first-order chi connectivity index (χ1) is 9.63. The van der Waals surface area contributed by atoms with Crippen molar-refractivity contribution in [1.29, 1.82) is 0 Å². The topological polar surface area (TPSA) is 29.1 Å². The minimum Gasteiger partial charge on any atom is -0.353 e. The van der Waals surface area contributed by atoms with E-state index in [9.17, 15) is 4.79 Å². The molecule has 2 rings (SSSR count). The average Bonchev–Trinajstić information content (AvgIpc) is 2.46. The lowest BCUT2D eigenvalue weighted by Gasteiger charge is -2.28. The van der Waals surface area contributed by atoms with Crippen LogP contribution >= 0.6 is 11.6 Å². The number of hydrogen-bond donors (Lipinski definition) is 1. The van der Waals surface area contributed by atoms with Crippen molar-refractivity contribution in [3.8, 4) is 0 Å². The minimum atomic E-state index is 0.0107. The smallest absolute Gasteiger partial charge is 0.227 e. The number of fused-ring (bicyclic) bond motifs is 1. The van der Waals surface area contributed by atoms with E-state index < -0.39 is 0 Å². The van der Waals surface area contributed by atoms with Gasteiger partial charge in [-0.2, -0.15) is 0 Å². The standard InChI is InChI=1S/C17H24ClNO/c1-12(2)16(10-11-18)19-17(20)15-9-5-7-13-6-3-4-8-14(13)15/h3-4,6,8,12,15-16H,5,7,9-11H2,1-2H3,(H,19,20). The molecular weight excluding hydrogens is 270 g/mol. The van der Waals surface area contributed by atoms with Gasteiger partial charge in [0.25, 0.3) is 0 Å². The Bertz CT molecular complexity index is 458. The number of nitrogens with one attached hydrogen (secondary N) is 1. The molecule has 0 fully saturated rings. The maximum atomic E-state index is 12.6. The summed E-state index contributed by atoms with van der Waals surface area (Å²) in [4.78, 5) is 12.6. The molecule has 0 spiro atoms. The second kappa shape index (κ2) is 7.12. The van der Waals surface area contributed by atoms with Gasteiger partial charge in [-0.25, -0.2) is 0 Å². The minimum absolute atomic E-state index is 0.0107.